The number of nitrogens with one attached hydrogen (secondary N) is 4. The first-order chi connectivity index (χ1) is 15.2. The monoisotopic (exact) mass is 435 g/mol. The highest BCUT2D eigenvalue weighted by Gasteiger charge is 2.26. The summed E-state index contributed by atoms with van der Waals surface area (Å²) in [5, 5.41) is 15.5. The quantitative estimate of drug-likeness (QED) is 0.449. The van der Waals surface area contributed by atoms with Gasteiger partial charge in [0.25, 0.3) is 5.91 Å². The lowest BCUT2D eigenvalue weighted by atomic mass is 10.0. The normalized spacial score (nSPS) is 15.3. The molecule has 4 N–H and O–H groups in total. The van der Waals surface area contributed by atoms with Crippen LogP contribution >= 0.6 is 11.3 Å². The van der Waals surface area contributed by atoms with Crippen molar-refractivity contribution >= 4 is 39.8 Å². The van der Waals surface area contributed by atoms with Gasteiger partial charge < -0.3 is 21.3 Å². The number of hydrogen-bond donors (Lipinski definition) is 4. The van der Waals surface area contributed by atoms with E-state index in [-0.39, 0.29) is 5.91 Å². The molecule has 0 unspecified atom stereocenters. The van der Waals surface area contributed by atoms with E-state index in [0.717, 1.165) is 36.0 Å². The fraction of sp³-hybridized carbons (Fsp3) is 0.364. The smallest absolute Gasteiger partial charge is 0.256 e. The Hall–Kier alpha value is -3.04. The second-order valence-corrected chi connectivity index (χ2v) is 8.69. The zero-order valence-corrected chi connectivity index (χ0v) is 18.2. The number of hydrogen-bond acceptors (Lipinski definition) is 8. The first kappa shape index (κ1) is 19.9. The lowest BCUT2D eigenvalue weighted by Crippen LogP contribution is -2.24. The van der Waals surface area contributed by atoms with E-state index in [0.29, 0.717) is 29.8 Å². The van der Waals surface area contributed by atoms with E-state index in [4.69, 9.17) is 0 Å². The highest BCUT2D eigenvalue weighted by molar-refractivity contribution is 7.13. The number of rotatable bonds is 7. The number of fused-ring (bicyclic) bond motifs is 1. The van der Waals surface area contributed by atoms with Crippen LogP contribution in [0.25, 0.3) is 0 Å². The summed E-state index contributed by atoms with van der Waals surface area (Å²) in [6.07, 6.45) is 4.96. The molecule has 2 aromatic heterocycles. The van der Waals surface area contributed by atoms with Crippen molar-refractivity contribution in [2.75, 3.05) is 23.7 Å². The van der Waals surface area contributed by atoms with Crippen LogP contribution in [0, 0.1) is 0 Å². The third-order valence-electron chi connectivity index (χ3n) is 5.46. The van der Waals surface area contributed by atoms with E-state index in [2.05, 4.69) is 53.7 Å². The van der Waals surface area contributed by atoms with Crippen LogP contribution in [0.5, 0.6) is 0 Å². The van der Waals surface area contributed by atoms with Crippen LogP contribution in [0.3, 0.4) is 0 Å². The summed E-state index contributed by atoms with van der Waals surface area (Å²) in [5.41, 5.74) is 5.09. The molecule has 160 valence electrons. The first-order valence-corrected chi connectivity index (χ1v) is 11.5. The molecule has 1 aromatic carbocycles. The van der Waals surface area contributed by atoms with Crippen molar-refractivity contribution in [2.45, 2.75) is 38.6 Å². The van der Waals surface area contributed by atoms with Crippen molar-refractivity contribution in [2.24, 2.45) is 0 Å². The van der Waals surface area contributed by atoms with Gasteiger partial charge in [0, 0.05) is 36.3 Å². The molecular weight excluding hydrogens is 410 g/mol. The van der Waals surface area contributed by atoms with Crippen molar-refractivity contribution in [3.63, 3.8) is 0 Å². The first-order valence-electron chi connectivity index (χ1n) is 10.7. The maximum atomic E-state index is 12.5. The van der Waals surface area contributed by atoms with Gasteiger partial charge in [-0.2, -0.15) is 4.98 Å². The molecule has 9 heteroatoms. The van der Waals surface area contributed by atoms with Gasteiger partial charge in [0.15, 0.2) is 10.9 Å². The SMILES string of the molecule is CCNC(=O)c1cnc(Nc2ccc3c(c2)CCNC3)nc1Nc1nc(C2CC2)cs1. The standard InChI is InChI=1S/C22H25N7OS/c1-2-24-20(30)17-11-25-21(26-16-6-5-15-10-23-8-7-14(15)9-16)28-19(17)29-22-27-18(12-31-22)13-3-4-13/h5-6,9,11-13,23H,2-4,7-8,10H2,1H3,(H,24,30)(H2,25,26,27,28,29). The molecule has 1 fully saturated rings. The molecule has 1 amide bonds. The number of aromatic nitrogens is 3. The van der Waals surface area contributed by atoms with Crippen LogP contribution in [-0.2, 0) is 13.0 Å². The molecule has 1 aliphatic carbocycles. The molecule has 3 aromatic rings. The molecule has 0 spiro atoms. The predicted octanol–water partition coefficient (Wildman–Crippen LogP) is 3.69. The molecule has 0 radical (unpaired) electrons. The van der Waals surface area contributed by atoms with Gasteiger partial charge in [0.2, 0.25) is 5.95 Å². The highest BCUT2D eigenvalue weighted by Crippen LogP contribution is 2.41. The van der Waals surface area contributed by atoms with E-state index >= 15 is 0 Å². The Bertz CT molecular complexity index is 1110. The Morgan fingerprint density at radius 3 is 2.97 bits per heavy atom. The van der Waals surface area contributed by atoms with Crippen molar-refractivity contribution in [1.29, 1.82) is 0 Å². The molecule has 1 aliphatic heterocycles. The zero-order valence-electron chi connectivity index (χ0n) is 17.4. The number of amides is 1. The van der Waals surface area contributed by atoms with Crippen molar-refractivity contribution in [3.8, 4) is 0 Å². The summed E-state index contributed by atoms with van der Waals surface area (Å²) < 4.78 is 0. The largest absolute Gasteiger partial charge is 0.352 e. The van der Waals surface area contributed by atoms with Crippen LogP contribution < -0.4 is 21.3 Å². The number of benzene rings is 1. The average Bonchev–Trinajstić information content (AvgIpc) is 3.53. The Morgan fingerprint density at radius 2 is 2.13 bits per heavy atom. The van der Waals surface area contributed by atoms with Gasteiger partial charge in [-0.3, -0.25) is 4.79 Å². The van der Waals surface area contributed by atoms with Crippen LogP contribution in [0.4, 0.5) is 22.6 Å². The van der Waals surface area contributed by atoms with Gasteiger partial charge in [-0.1, -0.05) is 6.07 Å². The number of thiazole rings is 1. The predicted molar refractivity (Wildman–Crippen MR) is 123 cm³/mol. The molecule has 31 heavy (non-hydrogen) atoms. The van der Waals surface area contributed by atoms with Crippen molar-refractivity contribution in [1.82, 2.24) is 25.6 Å². The van der Waals surface area contributed by atoms with Crippen molar-refractivity contribution in [3.05, 3.63) is 52.2 Å². The summed E-state index contributed by atoms with van der Waals surface area (Å²) in [5.74, 6) is 1.25. The number of anilines is 4. The number of carbonyl (C=O) groups is 1. The molecule has 5 rings (SSSR count). The van der Waals surface area contributed by atoms with Crippen LogP contribution in [0.1, 0.15) is 52.9 Å². The van der Waals surface area contributed by atoms with Crippen molar-refractivity contribution < 1.29 is 4.79 Å². The van der Waals surface area contributed by atoms with Gasteiger partial charge in [-0.25, -0.2) is 9.97 Å². The number of nitrogens with zero attached hydrogens (tertiary/aromatic N) is 3. The van der Waals surface area contributed by atoms with E-state index in [1.807, 2.05) is 13.0 Å². The van der Waals surface area contributed by atoms with Crippen LogP contribution in [0.15, 0.2) is 29.8 Å². The Morgan fingerprint density at radius 1 is 1.23 bits per heavy atom. The molecule has 2 aliphatic rings. The molecular formula is C22H25N7OS. The molecule has 0 bridgehead atoms. The van der Waals surface area contributed by atoms with Gasteiger partial charge in [0.05, 0.1) is 5.69 Å². The lowest BCUT2D eigenvalue weighted by Gasteiger charge is -2.18. The maximum absolute atomic E-state index is 12.5. The Kier molecular flexibility index (Phi) is 5.52. The van der Waals surface area contributed by atoms with E-state index < -0.39 is 0 Å². The highest BCUT2D eigenvalue weighted by atomic mass is 32.1. The number of carbonyl (C=O) groups excluding carboxylic acids is 1. The summed E-state index contributed by atoms with van der Waals surface area (Å²) >= 11 is 1.53. The Labute approximate surface area is 184 Å². The fourth-order valence-electron chi connectivity index (χ4n) is 3.65. The summed E-state index contributed by atoms with van der Waals surface area (Å²) in [7, 11) is 0. The van der Waals surface area contributed by atoms with Gasteiger partial charge in [-0.05, 0) is 56.0 Å². The molecule has 0 saturated heterocycles. The fourth-order valence-corrected chi connectivity index (χ4v) is 4.45. The zero-order chi connectivity index (χ0) is 21.2. The average molecular weight is 436 g/mol. The summed E-state index contributed by atoms with van der Waals surface area (Å²) in [4.78, 5) is 26.2. The Balaban J connectivity index is 1.41. The van der Waals surface area contributed by atoms with Crippen LogP contribution in [0.2, 0.25) is 0 Å². The minimum atomic E-state index is -0.211. The third-order valence-corrected chi connectivity index (χ3v) is 6.24. The van der Waals surface area contributed by atoms with E-state index in [9.17, 15) is 4.79 Å². The molecule has 1 saturated carbocycles. The van der Waals surface area contributed by atoms with Gasteiger partial charge in [0.1, 0.15) is 5.56 Å². The third kappa shape index (κ3) is 4.52. The molecule has 3 heterocycles. The van der Waals surface area contributed by atoms with E-state index in [1.54, 1.807) is 6.20 Å². The van der Waals surface area contributed by atoms with Gasteiger partial charge in [-0.15, -0.1) is 11.3 Å². The maximum Gasteiger partial charge on any atom is 0.256 e. The summed E-state index contributed by atoms with van der Waals surface area (Å²) in [6, 6.07) is 6.30. The van der Waals surface area contributed by atoms with E-state index in [1.165, 1.54) is 35.3 Å². The lowest BCUT2D eigenvalue weighted by molar-refractivity contribution is 0.0956. The van der Waals surface area contributed by atoms with Crippen LogP contribution in [-0.4, -0.2) is 33.9 Å². The second-order valence-electron chi connectivity index (χ2n) is 7.83. The van der Waals surface area contributed by atoms with Gasteiger partial charge >= 0.3 is 0 Å². The molecule has 0 atom stereocenters. The topological polar surface area (TPSA) is 104 Å². The minimum Gasteiger partial charge on any atom is -0.352 e. The molecule has 8 nitrogen and oxygen atoms in total. The summed E-state index contributed by atoms with van der Waals surface area (Å²) in [6.45, 7) is 4.30. The second kappa shape index (κ2) is 8.60. The minimum absolute atomic E-state index is 0.211.